The fraction of sp³-hybridized carbons (Fsp3) is 0.167. The van der Waals surface area contributed by atoms with Gasteiger partial charge >= 0.3 is 6.18 Å². The number of rotatable bonds is 2. The van der Waals surface area contributed by atoms with Crippen molar-refractivity contribution in [3.05, 3.63) is 64.0 Å². The van der Waals surface area contributed by atoms with Crippen LogP contribution in [0.3, 0.4) is 0 Å². The lowest BCUT2D eigenvalue weighted by Crippen LogP contribution is -2.03. The Morgan fingerprint density at radius 3 is 1.70 bits per heavy atom. The van der Waals surface area contributed by atoms with Gasteiger partial charge in [0.2, 0.25) is 0 Å². The molecule has 0 amide bonds. The SMILES string of the molecule is Cc1nc(-c2ccc(-c3ccc(C(F)(F)F)cc3)cc2)c(C)s1. The molecule has 1 nitrogen and oxygen atoms in total. The van der Waals surface area contributed by atoms with Gasteiger partial charge in [0.25, 0.3) is 0 Å². The van der Waals surface area contributed by atoms with E-state index in [1.807, 2.05) is 38.1 Å². The van der Waals surface area contributed by atoms with Crippen LogP contribution >= 0.6 is 11.3 Å². The summed E-state index contributed by atoms with van der Waals surface area (Å²) in [4.78, 5) is 5.67. The first kappa shape index (κ1) is 15.7. The second-order valence-corrected chi connectivity index (χ2v) is 6.70. The van der Waals surface area contributed by atoms with E-state index in [1.165, 1.54) is 12.1 Å². The summed E-state index contributed by atoms with van der Waals surface area (Å²) in [6, 6.07) is 12.9. The van der Waals surface area contributed by atoms with Gasteiger partial charge < -0.3 is 0 Å². The first-order chi connectivity index (χ1) is 10.8. The van der Waals surface area contributed by atoms with E-state index in [0.29, 0.717) is 0 Å². The predicted octanol–water partition coefficient (Wildman–Crippen LogP) is 6.11. The van der Waals surface area contributed by atoms with E-state index in [9.17, 15) is 13.2 Å². The Hall–Kier alpha value is -2.14. The van der Waals surface area contributed by atoms with Crippen LogP contribution in [-0.4, -0.2) is 4.98 Å². The average Bonchev–Trinajstić information content (AvgIpc) is 2.85. The van der Waals surface area contributed by atoms with Gasteiger partial charge in [0.1, 0.15) is 0 Å². The van der Waals surface area contributed by atoms with Crippen molar-refractivity contribution >= 4 is 11.3 Å². The average molecular weight is 333 g/mol. The minimum absolute atomic E-state index is 0.633. The second kappa shape index (κ2) is 5.81. The van der Waals surface area contributed by atoms with Gasteiger partial charge in [0.15, 0.2) is 0 Å². The van der Waals surface area contributed by atoms with E-state index < -0.39 is 11.7 Å². The van der Waals surface area contributed by atoms with Crippen LogP contribution in [0, 0.1) is 13.8 Å². The standard InChI is InChI=1S/C18H14F3NS/c1-11-17(22-12(2)23-11)15-5-3-13(4-6-15)14-7-9-16(10-8-14)18(19,20)21/h3-10H,1-2H3. The van der Waals surface area contributed by atoms with Crippen molar-refractivity contribution in [2.24, 2.45) is 0 Å². The predicted molar refractivity (Wildman–Crippen MR) is 87.5 cm³/mol. The summed E-state index contributed by atoms with van der Waals surface area (Å²) >= 11 is 1.65. The first-order valence-electron chi connectivity index (χ1n) is 7.07. The highest BCUT2D eigenvalue weighted by atomic mass is 32.1. The summed E-state index contributed by atoms with van der Waals surface area (Å²) in [7, 11) is 0. The molecule has 0 radical (unpaired) electrons. The van der Waals surface area contributed by atoms with E-state index in [1.54, 1.807) is 11.3 Å². The van der Waals surface area contributed by atoms with E-state index in [0.717, 1.165) is 44.4 Å². The minimum atomic E-state index is -4.30. The monoisotopic (exact) mass is 333 g/mol. The Morgan fingerprint density at radius 2 is 1.26 bits per heavy atom. The molecule has 0 N–H and O–H groups in total. The number of thiazole rings is 1. The maximum atomic E-state index is 12.6. The molecule has 1 aromatic heterocycles. The maximum absolute atomic E-state index is 12.6. The molecule has 1 heterocycles. The van der Waals surface area contributed by atoms with Crippen LogP contribution in [0.5, 0.6) is 0 Å². The van der Waals surface area contributed by atoms with Gasteiger partial charge in [-0.25, -0.2) is 4.98 Å². The number of halogens is 3. The summed E-state index contributed by atoms with van der Waals surface area (Å²) in [5, 5.41) is 1.02. The molecule has 0 aliphatic carbocycles. The van der Waals surface area contributed by atoms with Gasteiger partial charge in [-0.15, -0.1) is 11.3 Å². The maximum Gasteiger partial charge on any atom is 0.416 e. The molecule has 118 valence electrons. The van der Waals surface area contributed by atoms with Crippen molar-refractivity contribution < 1.29 is 13.2 Å². The molecule has 0 fully saturated rings. The lowest BCUT2D eigenvalue weighted by Gasteiger charge is -2.08. The van der Waals surface area contributed by atoms with Crippen LogP contribution in [0.15, 0.2) is 48.5 Å². The number of alkyl halides is 3. The van der Waals surface area contributed by atoms with Crippen molar-refractivity contribution in [2.45, 2.75) is 20.0 Å². The molecule has 0 saturated carbocycles. The Bertz CT molecular complexity index is 815. The lowest BCUT2D eigenvalue weighted by atomic mass is 10.0. The van der Waals surface area contributed by atoms with Gasteiger partial charge in [-0.2, -0.15) is 13.2 Å². The van der Waals surface area contributed by atoms with Crippen LogP contribution in [-0.2, 0) is 6.18 Å². The summed E-state index contributed by atoms with van der Waals surface area (Å²) in [5.41, 5.74) is 2.99. The third-order valence-electron chi connectivity index (χ3n) is 3.61. The summed E-state index contributed by atoms with van der Waals surface area (Å²) in [6.45, 7) is 4.00. The summed E-state index contributed by atoms with van der Waals surface area (Å²) < 4.78 is 37.8. The highest BCUT2D eigenvalue weighted by molar-refractivity contribution is 7.11. The molecule has 5 heteroatoms. The summed E-state index contributed by atoms with van der Waals surface area (Å²) in [5.74, 6) is 0. The molecular weight excluding hydrogens is 319 g/mol. The highest BCUT2D eigenvalue weighted by Gasteiger charge is 2.29. The van der Waals surface area contributed by atoms with Gasteiger partial charge in [0.05, 0.1) is 16.3 Å². The van der Waals surface area contributed by atoms with Crippen molar-refractivity contribution in [3.8, 4) is 22.4 Å². The topological polar surface area (TPSA) is 12.9 Å². The quantitative estimate of drug-likeness (QED) is 0.551. The molecule has 0 spiro atoms. The van der Waals surface area contributed by atoms with Crippen molar-refractivity contribution in [3.63, 3.8) is 0 Å². The van der Waals surface area contributed by atoms with E-state index in [-0.39, 0.29) is 0 Å². The molecule has 2 aromatic carbocycles. The number of benzene rings is 2. The number of nitrogens with zero attached hydrogens (tertiary/aromatic N) is 1. The van der Waals surface area contributed by atoms with Crippen LogP contribution in [0.4, 0.5) is 13.2 Å². The number of aromatic nitrogens is 1. The largest absolute Gasteiger partial charge is 0.416 e. The zero-order valence-corrected chi connectivity index (χ0v) is 13.4. The Morgan fingerprint density at radius 1 is 0.783 bits per heavy atom. The third kappa shape index (κ3) is 3.29. The number of aryl methyl sites for hydroxylation is 2. The van der Waals surface area contributed by atoms with E-state index in [4.69, 9.17) is 0 Å². The molecule has 3 rings (SSSR count). The van der Waals surface area contributed by atoms with Crippen LogP contribution in [0.2, 0.25) is 0 Å². The van der Waals surface area contributed by atoms with Crippen LogP contribution < -0.4 is 0 Å². The van der Waals surface area contributed by atoms with Crippen molar-refractivity contribution in [1.82, 2.24) is 4.98 Å². The van der Waals surface area contributed by atoms with Gasteiger partial charge in [-0.3, -0.25) is 0 Å². The molecule has 0 bridgehead atoms. The molecule has 0 unspecified atom stereocenters. The van der Waals surface area contributed by atoms with Gasteiger partial charge in [-0.05, 0) is 37.1 Å². The summed E-state index contributed by atoms with van der Waals surface area (Å²) in [6.07, 6.45) is -4.30. The molecular formula is C18H14F3NS. The zero-order chi connectivity index (χ0) is 16.6. The normalized spacial score (nSPS) is 11.7. The Balaban J connectivity index is 1.89. The van der Waals surface area contributed by atoms with Crippen molar-refractivity contribution in [1.29, 1.82) is 0 Å². The van der Waals surface area contributed by atoms with E-state index in [2.05, 4.69) is 4.98 Å². The molecule has 0 atom stereocenters. The first-order valence-corrected chi connectivity index (χ1v) is 7.88. The molecule has 3 aromatic rings. The smallest absolute Gasteiger partial charge is 0.241 e. The fourth-order valence-electron chi connectivity index (χ4n) is 2.47. The molecule has 23 heavy (non-hydrogen) atoms. The second-order valence-electron chi connectivity index (χ2n) is 5.29. The Kier molecular flexibility index (Phi) is 3.98. The molecule has 0 saturated heterocycles. The number of hydrogen-bond donors (Lipinski definition) is 0. The van der Waals surface area contributed by atoms with E-state index >= 15 is 0 Å². The Labute approximate surface area is 136 Å². The molecule has 0 aliphatic heterocycles. The molecule has 0 aliphatic rings. The van der Waals surface area contributed by atoms with Gasteiger partial charge in [-0.1, -0.05) is 36.4 Å². The van der Waals surface area contributed by atoms with Crippen LogP contribution in [0.1, 0.15) is 15.4 Å². The highest BCUT2D eigenvalue weighted by Crippen LogP contribution is 2.32. The minimum Gasteiger partial charge on any atom is -0.241 e. The fourth-order valence-corrected chi connectivity index (χ4v) is 3.31. The van der Waals surface area contributed by atoms with Crippen molar-refractivity contribution in [2.75, 3.05) is 0 Å². The number of hydrogen-bond acceptors (Lipinski definition) is 2. The van der Waals surface area contributed by atoms with Gasteiger partial charge in [0, 0.05) is 10.4 Å². The zero-order valence-electron chi connectivity index (χ0n) is 12.6. The lowest BCUT2D eigenvalue weighted by molar-refractivity contribution is -0.137. The van der Waals surface area contributed by atoms with Crippen LogP contribution in [0.25, 0.3) is 22.4 Å². The third-order valence-corrected chi connectivity index (χ3v) is 4.49.